The van der Waals surface area contributed by atoms with Crippen LogP contribution in [0.1, 0.15) is 25.0 Å². The van der Waals surface area contributed by atoms with E-state index in [2.05, 4.69) is 25.6 Å². The summed E-state index contributed by atoms with van der Waals surface area (Å²) in [6.45, 7) is 10.4. The minimum atomic E-state index is -1.06. The predicted octanol–water partition coefficient (Wildman–Crippen LogP) is 1.71. The Bertz CT molecular complexity index is 867. The van der Waals surface area contributed by atoms with E-state index in [-0.39, 0.29) is 24.0 Å². The Morgan fingerprint density at radius 1 is 1.30 bits per heavy atom. The average molecular weight is 572 g/mol. The second kappa shape index (κ2) is 13.7. The number of hydrogen-bond acceptors (Lipinski definition) is 6. The molecule has 3 N–H and O–H groups in total. The van der Waals surface area contributed by atoms with Crippen LogP contribution in [0.25, 0.3) is 0 Å². The number of aliphatic imine (C=N–C) groups is 1. The van der Waals surface area contributed by atoms with Crippen molar-refractivity contribution in [3.05, 3.63) is 47.8 Å². The molecule has 33 heavy (non-hydrogen) atoms. The first-order valence-corrected chi connectivity index (χ1v) is 11.2. The molecule has 2 heterocycles. The van der Waals surface area contributed by atoms with E-state index in [4.69, 9.17) is 9.47 Å². The van der Waals surface area contributed by atoms with Crippen LogP contribution in [0, 0.1) is 0 Å². The standard InChI is InChI=1S/C23H36N6O3.HI/c1-4-24-22(26-18-23(2,30)20-16-27-28(3)17-20)25-15-19-6-5-7-21(14-19)32-13-10-29-8-11-31-12-9-29;/h5-7,14,16-17,30H,4,8-13,15,18H2,1-3H3,(H2,24,25,26);1H. The van der Waals surface area contributed by atoms with Crippen molar-refractivity contribution >= 4 is 29.9 Å². The lowest BCUT2D eigenvalue weighted by Gasteiger charge is -2.26. The topological polar surface area (TPSA) is 96.2 Å². The molecular weight excluding hydrogens is 535 g/mol. The van der Waals surface area contributed by atoms with Crippen LogP contribution in [0.15, 0.2) is 41.7 Å². The minimum absolute atomic E-state index is 0. The number of morpholine rings is 1. The summed E-state index contributed by atoms with van der Waals surface area (Å²) in [5, 5.41) is 21.4. The van der Waals surface area contributed by atoms with Crippen molar-refractivity contribution < 1.29 is 14.6 Å². The SMILES string of the molecule is CCNC(=NCc1cccc(OCCN2CCOCC2)c1)NCC(C)(O)c1cnn(C)c1.I. The second-order valence-electron chi connectivity index (χ2n) is 8.18. The number of nitrogens with one attached hydrogen (secondary N) is 2. The molecule has 3 rings (SSSR count). The molecule has 9 nitrogen and oxygen atoms in total. The molecule has 2 aromatic rings. The second-order valence-corrected chi connectivity index (χ2v) is 8.18. The zero-order valence-electron chi connectivity index (χ0n) is 19.8. The molecule has 0 amide bonds. The third-order valence-electron chi connectivity index (χ3n) is 5.37. The Kier molecular flexibility index (Phi) is 11.4. The molecule has 1 aliphatic rings. The molecule has 0 aliphatic carbocycles. The summed E-state index contributed by atoms with van der Waals surface area (Å²) in [5.74, 6) is 1.50. The molecule has 10 heteroatoms. The Balaban J connectivity index is 0.00000385. The van der Waals surface area contributed by atoms with E-state index in [1.165, 1.54) is 0 Å². The lowest BCUT2D eigenvalue weighted by Crippen LogP contribution is -2.44. The zero-order chi connectivity index (χ0) is 22.8. The van der Waals surface area contributed by atoms with Gasteiger partial charge in [-0.2, -0.15) is 5.10 Å². The Labute approximate surface area is 213 Å². The summed E-state index contributed by atoms with van der Waals surface area (Å²) in [4.78, 5) is 7.02. The fourth-order valence-corrected chi connectivity index (χ4v) is 3.42. The summed E-state index contributed by atoms with van der Waals surface area (Å²) in [6.07, 6.45) is 3.49. The van der Waals surface area contributed by atoms with Crippen molar-refractivity contribution in [1.82, 2.24) is 25.3 Å². The molecule has 184 valence electrons. The van der Waals surface area contributed by atoms with E-state index in [0.717, 1.165) is 56.3 Å². The zero-order valence-corrected chi connectivity index (χ0v) is 22.1. The number of aromatic nitrogens is 2. The fourth-order valence-electron chi connectivity index (χ4n) is 3.42. The van der Waals surface area contributed by atoms with Crippen LogP contribution >= 0.6 is 24.0 Å². The van der Waals surface area contributed by atoms with E-state index in [1.807, 2.05) is 44.4 Å². The van der Waals surface area contributed by atoms with Gasteiger partial charge in [-0.1, -0.05) is 12.1 Å². The molecule has 1 fully saturated rings. The van der Waals surface area contributed by atoms with Crippen LogP contribution < -0.4 is 15.4 Å². The fraction of sp³-hybridized carbons (Fsp3) is 0.565. The van der Waals surface area contributed by atoms with E-state index >= 15 is 0 Å². The van der Waals surface area contributed by atoms with Crippen LogP contribution in [-0.4, -0.2) is 78.3 Å². The van der Waals surface area contributed by atoms with Crippen LogP contribution in [0.2, 0.25) is 0 Å². The molecular formula is C23H37IN6O3. The number of guanidine groups is 1. The van der Waals surface area contributed by atoms with Crippen LogP contribution in [0.4, 0.5) is 0 Å². The summed E-state index contributed by atoms with van der Waals surface area (Å²) in [6, 6.07) is 8.02. The van der Waals surface area contributed by atoms with Gasteiger partial charge >= 0.3 is 0 Å². The van der Waals surface area contributed by atoms with Gasteiger partial charge in [0.2, 0.25) is 0 Å². The third-order valence-corrected chi connectivity index (χ3v) is 5.37. The number of nitrogens with zero attached hydrogens (tertiary/aromatic N) is 4. The number of aliphatic hydroxyl groups is 1. The monoisotopic (exact) mass is 572 g/mol. The first-order chi connectivity index (χ1) is 15.5. The lowest BCUT2D eigenvalue weighted by atomic mass is 10.00. The van der Waals surface area contributed by atoms with Crippen molar-refractivity contribution in [2.45, 2.75) is 26.0 Å². The van der Waals surface area contributed by atoms with Crippen molar-refractivity contribution in [1.29, 1.82) is 0 Å². The average Bonchev–Trinajstić information content (AvgIpc) is 3.24. The molecule has 1 atom stereocenters. The Morgan fingerprint density at radius 2 is 2.09 bits per heavy atom. The number of ether oxygens (including phenoxy) is 2. The van der Waals surface area contributed by atoms with Gasteiger partial charge in [0, 0.05) is 45.0 Å². The molecule has 0 bridgehead atoms. The number of halogens is 1. The number of aryl methyl sites for hydroxylation is 1. The van der Waals surface area contributed by atoms with Crippen LogP contribution in [0.5, 0.6) is 5.75 Å². The number of benzene rings is 1. The van der Waals surface area contributed by atoms with Gasteiger partial charge in [0.25, 0.3) is 0 Å². The third kappa shape index (κ3) is 9.11. The molecule has 0 saturated carbocycles. The molecule has 1 aromatic heterocycles. The normalized spacial score (nSPS) is 16.5. The number of rotatable bonds is 10. The smallest absolute Gasteiger partial charge is 0.191 e. The summed E-state index contributed by atoms with van der Waals surface area (Å²) in [5.41, 5.74) is 0.758. The maximum absolute atomic E-state index is 10.8. The lowest BCUT2D eigenvalue weighted by molar-refractivity contribution is 0.0322. The first kappa shape index (κ1) is 27.4. The van der Waals surface area contributed by atoms with E-state index < -0.39 is 5.60 Å². The predicted molar refractivity (Wildman–Crippen MR) is 140 cm³/mol. The highest BCUT2D eigenvalue weighted by atomic mass is 127. The largest absolute Gasteiger partial charge is 0.492 e. The highest BCUT2D eigenvalue weighted by Gasteiger charge is 2.25. The summed E-state index contributed by atoms with van der Waals surface area (Å²) < 4.78 is 13.0. The minimum Gasteiger partial charge on any atom is -0.492 e. The van der Waals surface area contributed by atoms with Gasteiger partial charge in [0.05, 0.1) is 32.5 Å². The molecule has 1 unspecified atom stereocenters. The maximum Gasteiger partial charge on any atom is 0.191 e. The Morgan fingerprint density at radius 3 is 2.79 bits per heavy atom. The molecule has 1 aliphatic heterocycles. The Hall–Kier alpha value is -1.89. The number of hydrogen-bond donors (Lipinski definition) is 3. The maximum atomic E-state index is 10.8. The van der Waals surface area contributed by atoms with Crippen molar-refractivity contribution in [3.8, 4) is 5.75 Å². The van der Waals surface area contributed by atoms with Gasteiger partial charge in [-0.3, -0.25) is 9.58 Å². The van der Waals surface area contributed by atoms with Crippen molar-refractivity contribution in [2.24, 2.45) is 12.0 Å². The molecule has 0 radical (unpaired) electrons. The highest BCUT2D eigenvalue weighted by molar-refractivity contribution is 14.0. The van der Waals surface area contributed by atoms with E-state index in [0.29, 0.717) is 25.7 Å². The first-order valence-electron chi connectivity index (χ1n) is 11.2. The van der Waals surface area contributed by atoms with Crippen molar-refractivity contribution in [2.75, 3.05) is 52.5 Å². The van der Waals surface area contributed by atoms with Crippen LogP contribution in [0.3, 0.4) is 0 Å². The highest BCUT2D eigenvalue weighted by Crippen LogP contribution is 2.18. The van der Waals surface area contributed by atoms with Gasteiger partial charge in [-0.05, 0) is 31.5 Å². The molecule has 1 saturated heterocycles. The van der Waals surface area contributed by atoms with Crippen LogP contribution in [-0.2, 0) is 23.9 Å². The van der Waals surface area contributed by atoms with Gasteiger partial charge < -0.3 is 25.2 Å². The van der Waals surface area contributed by atoms with E-state index in [9.17, 15) is 5.11 Å². The van der Waals surface area contributed by atoms with Gasteiger partial charge in [0.1, 0.15) is 18.0 Å². The van der Waals surface area contributed by atoms with Gasteiger partial charge in [-0.25, -0.2) is 4.99 Å². The van der Waals surface area contributed by atoms with Gasteiger partial charge in [-0.15, -0.1) is 24.0 Å². The summed E-state index contributed by atoms with van der Waals surface area (Å²) in [7, 11) is 1.83. The van der Waals surface area contributed by atoms with Gasteiger partial charge in [0.15, 0.2) is 5.96 Å². The van der Waals surface area contributed by atoms with E-state index in [1.54, 1.807) is 17.8 Å². The van der Waals surface area contributed by atoms with Crippen molar-refractivity contribution in [3.63, 3.8) is 0 Å². The molecule has 0 spiro atoms. The molecule has 1 aromatic carbocycles. The quantitative estimate of drug-likeness (QED) is 0.227. The summed E-state index contributed by atoms with van der Waals surface area (Å²) >= 11 is 0.